The number of benzene rings is 2. The van der Waals surface area contributed by atoms with Crippen LogP contribution in [0, 0.1) is 25.2 Å². The molecule has 2 aromatic carbocycles. The van der Waals surface area contributed by atoms with E-state index in [1.54, 1.807) is 18.5 Å². The fraction of sp³-hybridized carbons (Fsp3) is 0.238. The first-order valence-electron chi connectivity index (χ1n) is 8.88. The van der Waals surface area contributed by atoms with Gasteiger partial charge in [0.05, 0.1) is 23.4 Å². The zero-order valence-electron chi connectivity index (χ0n) is 16.0. The van der Waals surface area contributed by atoms with Crippen LogP contribution in [-0.2, 0) is 4.79 Å². The highest BCUT2D eigenvalue weighted by Gasteiger charge is 2.13. The van der Waals surface area contributed by atoms with Crippen molar-refractivity contribution >= 4 is 17.7 Å². The van der Waals surface area contributed by atoms with E-state index < -0.39 is 0 Å². The second kappa shape index (κ2) is 8.72. The van der Waals surface area contributed by atoms with Crippen molar-refractivity contribution in [1.29, 1.82) is 5.26 Å². The quantitative estimate of drug-likeness (QED) is 0.648. The zero-order chi connectivity index (χ0) is 20.1. The summed E-state index contributed by atoms with van der Waals surface area (Å²) in [6.07, 6.45) is 1.66. The summed E-state index contributed by atoms with van der Waals surface area (Å²) in [4.78, 5) is 12.3. The second-order valence-electron chi connectivity index (χ2n) is 6.56. The molecule has 3 rings (SSSR count). The van der Waals surface area contributed by atoms with Crippen LogP contribution in [0.4, 0.5) is 0 Å². The topological polar surface area (TPSA) is 83.6 Å². The van der Waals surface area contributed by atoms with Crippen molar-refractivity contribution in [1.82, 2.24) is 20.1 Å². The second-order valence-corrected chi connectivity index (χ2v) is 7.51. The lowest BCUT2D eigenvalue weighted by molar-refractivity contribution is -0.119. The Bertz CT molecular complexity index is 1020. The van der Waals surface area contributed by atoms with E-state index in [4.69, 9.17) is 5.26 Å². The number of thioether (sulfide) groups is 1. The Morgan fingerprint density at radius 2 is 1.96 bits per heavy atom. The van der Waals surface area contributed by atoms with Crippen LogP contribution in [-0.4, -0.2) is 26.4 Å². The fourth-order valence-electron chi connectivity index (χ4n) is 2.72. The van der Waals surface area contributed by atoms with E-state index in [9.17, 15) is 4.79 Å². The number of carbonyl (C=O) groups is 1. The SMILES string of the molecule is Cc1ccc(-n2cnnc2SCC(=O)NC(C)c2ccc(C#N)cc2)cc1C. The van der Waals surface area contributed by atoms with Crippen LogP contribution in [0.3, 0.4) is 0 Å². The van der Waals surface area contributed by atoms with Crippen molar-refractivity contribution in [2.75, 3.05) is 5.75 Å². The van der Waals surface area contributed by atoms with E-state index in [0.29, 0.717) is 10.7 Å². The van der Waals surface area contributed by atoms with E-state index in [1.807, 2.05) is 29.7 Å². The van der Waals surface area contributed by atoms with Gasteiger partial charge in [0.1, 0.15) is 6.33 Å². The maximum absolute atomic E-state index is 12.3. The predicted octanol–water partition coefficient (Wildman–Crippen LogP) is 3.73. The highest BCUT2D eigenvalue weighted by Crippen LogP contribution is 2.21. The first-order chi connectivity index (χ1) is 13.5. The minimum atomic E-state index is -0.140. The molecule has 1 aromatic heterocycles. The molecule has 0 aliphatic rings. The van der Waals surface area contributed by atoms with Crippen molar-refractivity contribution in [3.63, 3.8) is 0 Å². The van der Waals surface area contributed by atoms with E-state index >= 15 is 0 Å². The molecule has 6 nitrogen and oxygen atoms in total. The van der Waals surface area contributed by atoms with Crippen LogP contribution in [0.25, 0.3) is 5.69 Å². The maximum Gasteiger partial charge on any atom is 0.230 e. The standard InChI is InChI=1S/C21H21N5OS/c1-14-4-9-19(10-15(14)2)26-13-23-25-21(26)28-12-20(27)24-16(3)18-7-5-17(11-22)6-8-18/h4-10,13,16H,12H2,1-3H3,(H,24,27). The van der Waals surface area contributed by atoms with Crippen LogP contribution in [0.2, 0.25) is 0 Å². The predicted molar refractivity (Wildman–Crippen MR) is 109 cm³/mol. The molecule has 0 saturated heterocycles. The van der Waals surface area contributed by atoms with Crippen molar-refractivity contribution in [2.24, 2.45) is 0 Å². The van der Waals surface area contributed by atoms with Crippen molar-refractivity contribution in [2.45, 2.75) is 32.0 Å². The van der Waals surface area contributed by atoms with Crippen molar-refractivity contribution in [3.05, 3.63) is 71.0 Å². The third kappa shape index (κ3) is 4.59. The monoisotopic (exact) mass is 391 g/mol. The molecule has 28 heavy (non-hydrogen) atoms. The number of nitrogens with one attached hydrogen (secondary N) is 1. The molecule has 7 heteroatoms. The fourth-order valence-corrected chi connectivity index (χ4v) is 3.46. The average molecular weight is 392 g/mol. The molecule has 0 fully saturated rings. The van der Waals surface area contributed by atoms with Crippen LogP contribution < -0.4 is 5.32 Å². The number of amides is 1. The molecule has 0 bridgehead atoms. The van der Waals surface area contributed by atoms with Crippen LogP contribution >= 0.6 is 11.8 Å². The zero-order valence-corrected chi connectivity index (χ0v) is 16.8. The number of aryl methyl sites for hydroxylation is 2. The molecular formula is C21H21N5OS. The van der Waals surface area contributed by atoms with E-state index in [0.717, 1.165) is 11.3 Å². The number of hydrogen-bond acceptors (Lipinski definition) is 5. The van der Waals surface area contributed by atoms with Crippen LogP contribution in [0.5, 0.6) is 0 Å². The number of nitriles is 1. The van der Waals surface area contributed by atoms with Gasteiger partial charge in [-0.3, -0.25) is 9.36 Å². The number of hydrogen-bond donors (Lipinski definition) is 1. The summed E-state index contributed by atoms with van der Waals surface area (Å²) in [5.74, 6) is 0.154. The van der Waals surface area contributed by atoms with Gasteiger partial charge in [-0.15, -0.1) is 10.2 Å². The Balaban J connectivity index is 1.61. The molecule has 142 valence electrons. The Kier molecular flexibility index (Phi) is 6.12. The first kappa shape index (κ1) is 19.6. The Morgan fingerprint density at radius 3 is 2.64 bits per heavy atom. The molecule has 0 spiro atoms. The third-order valence-electron chi connectivity index (χ3n) is 4.53. The Hall–Kier alpha value is -3.11. The summed E-state index contributed by atoms with van der Waals surface area (Å²) < 4.78 is 1.88. The Morgan fingerprint density at radius 1 is 1.21 bits per heavy atom. The van der Waals surface area contributed by atoms with E-state index in [-0.39, 0.29) is 17.7 Å². The molecule has 0 saturated carbocycles. The summed E-state index contributed by atoms with van der Waals surface area (Å²) in [6.45, 7) is 6.05. The minimum absolute atomic E-state index is 0.0866. The molecule has 1 amide bonds. The highest BCUT2D eigenvalue weighted by atomic mass is 32.2. The van der Waals surface area contributed by atoms with E-state index in [2.05, 4.69) is 47.6 Å². The van der Waals surface area contributed by atoms with Crippen molar-refractivity contribution < 1.29 is 4.79 Å². The van der Waals surface area contributed by atoms with Gasteiger partial charge in [-0.1, -0.05) is 30.0 Å². The number of nitrogens with zero attached hydrogens (tertiary/aromatic N) is 4. The summed E-state index contributed by atoms with van der Waals surface area (Å²) in [5.41, 5.74) is 4.94. The number of carbonyl (C=O) groups excluding carboxylic acids is 1. The molecule has 1 atom stereocenters. The molecular weight excluding hydrogens is 370 g/mol. The van der Waals surface area contributed by atoms with Gasteiger partial charge in [0.2, 0.25) is 5.91 Å². The third-order valence-corrected chi connectivity index (χ3v) is 5.48. The van der Waals surface area contributed by atoms with Gasteiger partial charge in [-0.2, -0.15) is 5.26 Å². The maximum atomic E-state index is 12.3. The minimum Gasteiger partial charge on any atom is -0.349 e. The highest BCUT2D eigenvalue weighted by molar-refractivity contribution is 7.99. The summed E-state index contributed by atoms with van der Waals surface area (Å²) >= 11 is 1.34. The molecule has 0 aliphatic heterocycles. The molecule has 0 radical (unpaired) electrons. The molecule has 1 N–H and O–H groups in total. The van der Waals surface area contributed by atoms with Gasteiger partial charge in [-0.05, 0) is 61.7 Å². The van der Waals surface area contributed by atoms with Gasteiger partial charge in [0, 0.05) is 5.69 Å². The average Bonchev–Trinajstić information content (AvgIpc) is 3.17. The summed E-state index contributed by atoms with van der Waals surface area (Å²) in [6, 6.07) is 15.3. The smallest absolute Gasteiger partial charge is 0.230 e. The van der Waals surface area contributed by atoms with Gasteiger partial charge in [-0.25, -0.2) is 0 Å². The lowest BCUT2D eigenvalue weighted by atomic mass is 10.1. The van der Waals surface area contributed by atoms with Crippen molar-refractivity contribution in [3.8, 4) is 11.8 Å². The molecule has 3 aromatic rings. The normalized spacial score (nSPS) is 11.6. The number of rotatable bonds is 6. The van der Waals surface area contributed by atoms with Crippen LogP contribution in [0.1, 0.15) is 35.2 Å². The first-order valence-corrected chi connectivity index (χ1v) is 9.86. The summed E-state index contributed by atoms with van der Waals surface area (Å²) in [5, 5.41) is 20.6. The lowest BCUT2D eigenvalue weighted by Crippen LogP contribution is -2.28. The van der Waals surface area contributed by atoms with Gasteiger partial charge in [0.15, 0.2) is 5.16 Å². The molecule has 1 heterocycles. The Labute approximate surface area is 168 Å². The van der Waals surface area contributed by atoms with Gasteiger partial charge >= 0.3 is 0 Å². The molecule has 1 unspecified atom stereocenters. The lowest BCUT2D eigenvalue weighted by Gasteiger charge is -2.14. The largest absolute Gasteiger partial charge is 0.349 e. The van der Waals surface area contributed by atoms with Gasteiger partial charge in [0.25, 0.3) is 0 Å². The molecule has 0 aliphatic carbocycles. The number of aromatic nitrogens is 3. The van der Waals surface area contributed by atoms with E-state index in [1.165, 1.54) is 22.9 Å². The van der Waals surface area contributed by atoms with Gasteiger partial charge < -0.3 is 5.32 Å². The van der Waals surface area contributed by atoms with Crippen LogP contribution in [0.15, 0.2) is 53.9 Å². The summed E-state index contributed by atoms with van der Waals surface area (Å²) in [7, 11) is 0.